The Morgan fingerprint density at radius 3 is 2.58 bits per heavy atom. The highest BCUT2D eigenvalue weighted by molar-refractivity contribution is 5.95. The van der Waals surface area contributed by atoms with Crippen molar-refractivity contribution in [2.24, 2.45) is 17.1 Å². The van der Waals surface area contributed by atoms with Crippen LogP contribution in [0.2, 0.25) is 0 Å². The number of carbonyl (C=O) groups is 2. The molecule has 8 heteroatoms. The van der Waals surface area contributed by atoms with Gasteiger partial charge in [0, 0.05) is 25.4 Å². The summed E-state index contributed by atoms with van der Waals surface area (Å²) in [5.74, 6) is 0.279. The zero-order valence-electron chi connectivity index (χ0n) is 20.1. The Kier molecular flexibility index (Phi) is 8.37. The molecule has 2 saturated carbocycles. The van der Waals surface area contributed by atoms with Crippen molar-refractivity contribution in [1.82, 2.24) is 10.2 Å². The van der Waals surface area contributed by atoms with Gasteiger partial charge in [-0.2, -0.15) is 0 Å². The van der Waals surface area contributed by atoms with Crippen molar-refractivity contribution in [3.05, 3.63) is 29.8 Å². The maximum absolute atomic E-state index is 12.8. The fourth-order valence-electron chi connectivity index (χ4n) is 5.43. The number of ether oxygens (including phenoxy) is 2. The molecule has 33 heavy (non-hydrogen) atoms. The van der Waals surface area contributed by atoms with Crippen LogP contribution < -0.4 is 15.8 Å². The van der Waals surface area contributed by atoms with Gasteiger partial charge in [-0.15, -0.1) is 0 Å². The van der Waals surface area contributed by atoms with Gasteiger partial charge in [0.15, 0.2) is 0 Å². The van der Waals surface area contributed by atoms with Crippen LogP contribution in [0, 0.1) is 11.3 Å². The quantitative estimate of drug-likeness (QED) is 0.572. The summed E-state index contributed by atoms with van der Waals surface area (Å²) >= 11 is 0. The van der Waals surface area contributed by atoms with Gasteiger partial charge in [-0.25, -0.2) is 4.79 Å². The third-order valence-electron chi connectivity index (χ3n) is 7.38. The Balaban J connectivity index is 1.71. The first-order valence-electron chi connectivity index (χ1n) is 12.0. The van der Waals surface area contributed by atoms with Gasteiger partial charge in [0.1, 0.15) is 11.9 Å². The van der Waals surface area contributed by atoms with Gasteiger partial charge < -0.3 is 25.2 Å². The molecule has 0 bridgehead atoms. The van der Waals surface area contributed by atoms with Crippen LogP contribution in [0.3, 0.4) is 0 Å². The summed E-state index contributed by atoms with van der Waals surface area (Å²) in [7, 11) is 5.55. The minimum atomic E-state index is -1.19. The van der Waals surface area contributed by atoms with Crippen molar-refractivity contribution >= 4 is 12.0 Å². The lowest BCUT2D eigenvalue weighted by molar-refractivity contribution is -0.132. The van der Waals surface area contributed by atoms with Gasteiger partial charge in [0.2, 0.25) is 5.91 Å². The van der Waals surface area contributed by atoms with E-state index in [4.69, 9.17) is 15.2 Å². The lowest BCUT2D eigenvalue weighted by Crippen LogP contribution is -2.51. The Labute approximate surface area is 196 Å². The molecule has 2 fully saturated rings. The van der Waals surface area contributed by atoms with Crippen LogP contribution in [-0.2, 0) is 15.1 Å². The van der Waals surface area contributed by atoms with E-state index >= 15 is 0 Å². The maximum Gasteiger partial charge on any atom is 0.414 e. The van der Waals surface area contributed by atoms with Gasteiger partial charge in [-0.3, -0.25) is 10.1 Å². The van der Waals surface area contributed by atoms with E-state index in [0.29, 0.717) is 38.0 Å². The second-order valence-corrected chi connectivity index (χ2v) is 9.92. The number of carbonyl (C=O) groups excluding carboxylic acids is 2. The highest BCUT2D eigenvalue weighted by atomic mass is 16.6. The van der Waals surface area contributed by atoms with Crippen molar-refractivity contribution < 1.29 is 24.2 Å². The second-order valence-electron chi connectivity index (χ2n) is 9.92. The molecular formula is C25H39N3O5. The Morgan fingerprint density at radius 2 is 1.94 bits per heavy atom. The SMILES string of the molecule is COc1cccc(C2(O)CC(OC(=O)NC(=O)C3(CN)CCCCC3)CCC2CN(C)C)c1. The molecule has 4 N–H and O–H groups in total. The number of alkyl carbamates (subject to hydrolysis) is 1. The summed E-state index contributed by atoms with van der Waals surface area (Å²) in [5, 5.41) is 14.3. The summed E-state index contributed by atoms with van der Waals surface area (Å²) in [6.45, 7) is 0.918. The van der Waals surface area contributed by atoms with Gasteiger partial charge in [0.05, 0.1) is 18.1 Å². The monoisotopic (exact) mass is 461 g/mol. The van der Waals surface area contributed by atoms with Crippen molar-refractivity contribution in [3.63, 3.8) is 0 Å². The number of hydrogen-bond acceptors (Lipinski definition) is 7. The van der Waals surface area contributed by atoms with Crippen LogP contribution in [0.15, 0.2) is 24.3 Å². The number of hydrogen-bond donors (Lipinski definition) is 3. The molecule has 3 atom stereocenters. The zero-order valence-corrected chi connectivity index (χ0v) is 20.1. The van der Waals surface area contributed by atoms with E-state index in [1.807, 2.05) is 38.4 Å². The third-order valence-corrected chi connectivity index (χ3v) is 7.38. The van der Waals surface area contributed by atoms with Crippen molar-refractivity contribution in [2.75, 3.05) is 34.3 Å². The standard InChI is InChI=1S/C25H39N3O5/c1-28(2)16-19-10-11-21(15-25(19,31)18-8-7-9-20(14-18)32-3)33-23(30)27-22(29)24(17-26)12-5-4-6-13-24/h7-9,14,19,21,31H,4-6,10-13,15-17,26H2,1-3H3,(H,27,29,30). The first-order chi connectivity index (χ1) is 15.7. The number of nitrogens with one attached hydrogen (secondary N) is 1. The van der Waals surface area contributed by atoms with Crippen LogP contribution >= 0.6 is 0 Å². The van der Waals surface area contributed by atoms with Crippen LogP contribution in [-0.4, -0.2) is 62.4 Å². The van der Waals surface area contributed by atoms with Gasteiger partial charge in [0.25, 0.3) is 0 Å². The molecule has 3 rings (SSSR count). The predicted octanol–water partition coefficient (Wildman–Crippen LogP) is 2.78. The molecule has 0 radical (unpaired) electrons. The summed E-state index contributed by atoms with van der Waals surface area (Å²) in [5.41, 5.74) is 4.78. The summed E-state index contributed by atoms with van der Waals surface area (Å²) in [4.78, 5) is 27.5. The second kappa shape index (κ2) is 10.8. The number of nitrogens with zero attached hydrogens (tertiary/aromatic N) is 1. The molecule has 0 heterocycles. The molecule has 0 aromatic heterocycles. The van der Waals surface area contributed by atoms with Crippen LogP contribution in [0.4, 0.5) is 4.79 Å². The van der Waals surface area contributed by atoms with E-state index in [0.717, 1.165) is 24.8 Å². The Hall–Kier alpha value is -2.16. The van der Waals surface area contributed by atoms with Gasteiger partial charge in [-0.05, 0) is 57.5 Å². The largest absolute Gasteiger partial charge is 0.497 e. The summed E-state index contributed by atoms with van der Waals surface area (Å²) in [6, 6.07) is 7.40. The fraction of sp³-hybridized carbons (Fsp3) is 0.680. The highest BCUT2D eigenvalue weighted by Gasteiger charge is 2.46. The normalized spacial score (nSPS) is 27.1. The number of rotatable bonds is 7. The molecule has 0 saturated heterocycles. The molecule has 3 unspecified atom stereocenters. The van der Waals surface area contributed by atoms with Crippen LogP contribution in [0.1, 0.15) is 56.9 Å². The first-order valence-corrected chi connectivity index (χ1v) is 12.0. The molecule has 2 aliphatic rings. The van der Waals surface area contributed by atoms with Crippen molar-refractivity contribution in [3.8, 4) is 5.75 Å². The number of nitrogens with two attached hydrogens (primary N) is 1. The van der Waals surface area contributed by atoms with E-state index in [1.165, 1.54) is 0 Å². The lowest BCUT2D eigenvalue weighted by atomic mass is 9.70. The summed E-state index contributed by atoms with van der Waals surface area (Å²) in [6.07, 6.45) is 4.61. The topological polar surface area (TPSA) is 114 Å². The Morgan fingerprint density at radius 1 is 1.21 bits per heavy atom. The molecule has 2 aliphatic carbocycles. The van der Waals surface area contributed by atoms with Crippen molar-refractivity contribution in [2.45, 2.75) is 63.1 Å². The van der Waals surface area contributed by atoms with Crippen molar-refractivity contribution in [1.29, 1.82) is 0 Å². The lowest BCUT2D eigenvalue weighted by Gasteiger charge is -2.44. The number of imide groups is 1. The van der Waals surface area contributed by atoms with Gasteiger partial charge >= 0.3 is 6.09 Å². The van der Waals surface area contributed by atoms with E-state index < -0.39 is 23.2 Å². The zero-order chi connectivity index (χ0) is 24.1. The molecule has 1 aromatic carbocycles. The molecular weight excluding hydrogens is 422 g/mol. The van der Waals surface area contributed by atoms with E-state index in [9.17, 15) is 14.7 Å². The minimum absolute atomic E-state index is 0.0353. The molecule has 8 nitrogen and oxygen atoms in total. The Bertz CT molecular complexity index is 824. The summed E-state index contributed by atoms with van der Waals surface area (Å²) < 4.78 is 11.0. The molecule has 0 aliphatic heterocycles. The average Bonchev–Trinajstić information content (AvgIpc) is 2.81. The molecule has 184 valence electrons. The number of aliphatic hydroxyl groups is 1. The number of benzene rings is 1. The van der Waals surface area contributed by atoms with Gasteiger partial charge in [-0.1, -0.05) is 31.4 Å². The average molecular weight is 462 g/mol. The number of amides is 2. The van der Waals surface area contributed by atoms with Crippen LogP contribution in [0.5, 0.6) is 5.75 Å². The minimum Gasteiger partial charge on any atom is -0.497 e. The van der Waals surface area contributed by atoms with E-state index in [1.54, 1.807) is 7.11 Å². The maximum atomic E-state index is 12.8. The van der Waals surface area contributed by atoms with E-state index in [-0.39, 0.29) is 24.8 Å². The van der Waals surface area contributed by atoms with E-state index in [2.05, 4.69) is 10.2 Å². The molecule has 1 aromatic rings. The smallest absolute Gasteiger partial charge is 0.414 e. The molecule has 0 spiro atoms. The number of methoxy groups -OCH3 is 1. The first kappa shape index (κ1) is 25.5. The third kappa shape index (κ3) is 5.86. The molecule has 2 amide bonds. The van der Waals surface area contributed by atoms with Crippen LogP contribution in [0.25, 0.3) is 0 Å². The predicted molar refractivity (Wildman–Crippen MR) is 126 cm³/mol. The fourth-order valence-corrected chi connectivity index (χ4v) is 5.43. The highest BCUT2D eigenvalue weighted by Crippen LogP contribution is 2.44.